The van der Waals surface area contributed by atoms with Crippen LogP contribution in [0.15, 0.2) is 24.3 Å². The van der Waals surface area contributed by atoms with Gasteiger partial charge in [0.25, 0.3) is 0 Å². The predicted octanol–water partition coefficient (Wildman–Crippen LogP) is 14.8. The van der Waals surface area contributed by atoms with Gasteiger partial charge in [-0.1, -0.05) is 183 Å². The summed E-state index contributed by atoms with van der Waals surface area (Å²) in [6, 6.07) is 6.58. The molecular formula is C45H84O4Si. The Balaban J connectivity index is 2.03. The van der Waals surface area contributed by atoms with Crippen molar-refractivity contribution in [1.82, 2.24) is 0 Å². The van der Waals surface area contributed by atoms with Gasteiger partial charge >= 0.3 is 11.9 Å². The summed E-state index contributed by atoms with van der Waals surface area (Å²) in [6.45, 7) is 0. The van der Waals surface area contributed by atoms with Gasteiger partial charge in [-0.3, -0.25) is 9.59 Å². The van der Waals surface area contributed by atoms with Crippen LogP contribution in [0.25, 0.3) is 0 Å². The molecule has 0 aliphatic carbocycles. The number of rotatable bonds is 34. The molecule has 0 aromatic carbocycles. The highest BCUT2D eigenvalue weighted by molar-refractivity contribution is 6.79. The number of ether oxygens (including phenoxy) is 2. The van der Waals surface area contributed by atoms with Gasteiger partial charge in [0.15, 0.2) is 0 Å². The van der Waals surface area contributed by atoms with Gasteiger partial charge in [-0.05, 0) is 64.2 Å². The lowest BCUT2D eigenvalue weighted by Gasteiger charge is -2.34. The summed E-state index contributed by atoms with van der Waals surface area (Å²) in [7, 11) is 1.90. The van der Waals surface area contributed by atoms with Gasteiger partial charge in [0, 0.05) is 12.8 Å². The number of esters is 2. The first kappa shape index (κ1) is 46.7. The van der Waals surface area contributed by atoms with E-state index in [1.54, 1.807) is 37.0 Å². The normalized spacial score (nSPS) is 15.0. The average molecular weight is 717 g/mol. The Morgan fingerprint density at radius 1 is 0.400 bits per heavy atom. The molecule has 0 radical (unpaired) electrons. The van der Waals surface area contributed by atoms with E-state index in [0.29, 0.717) is 12.8 Å². The second kappa shape index (κ2) is 36.0. The minimum Gasteiger partial charge on any atom is -0.469 e. The molecule has 50 heavy (non-hydrogen) atoms. The highest BCUT2D eigenvalue weighted by Crippen LogP contribution is 2.36. The monoisotopic (exact) mass is 717 g/mol. The van der Waals surface area contributed by atoms with Crippen molar-refractivity contribution in [2.75, 3.05) is 14.2 Å². The highest BCUT2D eigenvalue weighted by atomic mass is 28.3. The Kier molecular flexibility index (Phi) is 33.6. The molecule has 0 N–H and O–H groups in total. The predicted molar refractivity (Wildman–Crippen MR) is 220 cm³/mol. The second-order valence-corrected chi connectivity index (χ2v) is 20.8. The van der Waals surface area contributed by atoms with Gasteiger partial charge in [0.05, 0.1) is 22.3 Å². The van der Waals surface area contributed by atoms with E-state index in [1.807, 2.05) is 0 Å². The summed E-state index contributed by atoms with van der Waals surface area (Å²) < 4.78 is 9.40. The maximum atomic E-state index is 11.1. The Morgan fingerprint density at radius 3 is 1.02 bits per heavy atom. The van der Waals surface area contributed by atoms with E-state index in [2.05, 4.69) is 24.3 Å². The molecule has 1 saturated heterocycles. The summed E-state index contributed by atoms with van der Waals surface area (Å²) in [4.78, 5) is 22.3. The van der Waals surface area contributed by atoms with E-state index in [1.165, 1.54) is 175 Å². The standard InChI is InChI=1S/C45H84O4Si/c1-48-44(46)38-32-26-21-17-13-9-5-3-7-11-15-19-23-28-34-40-50(42-36-30-25-31-37-43-50)41-35-29-24-20-16-12-8-4-6-10-14-18-22-27-33-39-45(47)49-2/h3-6H,7-43H2,1-2H3/b5-3-,6-4-. The molecule has 1 aliphatic rings. The Labute approximate surface area is 312 Å². The zero-order chi connectivity index (χ0) is 36.1. The molecule has 292 valence electrons. The van der Waals surface area contributed by atoms with E-state index in [4.69, 9.17) is 9.47 Å². The second-order valence-electron chi connectivity index (χ2n) is 15.8. The minimum absolute atomic E-state index is 0.0719. The molecule has 0 aromatic rings. The first-order valence-corrected chi connectivity index (χ1v) is 24.9. The van der Waals surface area contributed by atoms with Crippen molar-refractivity contribution in [3.05, 3.63) is 24.3 Å². The zero-order valence-electron chi connectivity index (χ0n) is 33.6. The quantitative estimate of drug-likeness (QED) is 0.0288. The van der Waals surface area contributed by atoms with Crippen LogP contribution in [0.3, 0.4) is 0 Å². The first-order chi connectivity index (χ1) is 24.6. The minimum atomic E-state index is -1.05. The molecule has 1 fully saturated rings. The molecule has 0 aromatic heterocycles. The molecular weight excluding hydrogens is 633 g/mol. The van der Waals surface area contributed by atoms with Gasteiger partial charge in [-0.2, -0.15) is 0 Å². The van der Waals surface area contributed by atoms with Crippen molar-refractivity contribution in [3.8, 4) is 0 Å². The zero-order valence-corrected chi connectivity index (χ0v) is 34.6. The van der Waals surface area contributed by atoms with Crippen molar-refractivity contribution < 1.29 is 19.1 Å². The van der Waals surface area contributed by atoms with E-state index >= 15 is 0 Å². The molecule has 5 heteroatoms. The fourth-order valence-electron chi connectivity index (χ4n) is 8.02. The van der Waals surface area contributed by atoms with Crippen LogP contribution in [-0.4, -0.2) is 34.2 Å². The van der Waals surface area contributed by atoms with Crippen LogP contribution >= 0.6 is 0 Å². The molecule has 0 atom stereocenters. The van der Waals surface area contributed by atoms with Crippen molar-refractivity contribution in [3.63, 3.8) is 0 Å². The van der Waals surface area contributed by atoms with Gasteiger partial charge < -0.3 is 9.47 Å². The SMILES string of the molecule is COC(=O)CCCCCCC/C=C\CCCCCCCC[Si]1(CCCCCCCC/C=C\CCCCCCCC(=O)OC)CCCCCCC1. The van der Waals surface area contributed by atoms with Gasteiger partial charge in [0.1, 0.15) is 0 Å². The van der Waals surface area contributed by atoms with Crippen LogP contribution in [0, 0.1) is 0 Å². The molecule has 0 saturated carbocycles. The van der Waals surface area contributed by atoms with Crippen LogP contribution in [-0.2, 0) is 19.1 Å². The molecule has 1 aliphatic heterocycles. The third kappa shape index (κ3) is 30.3. The summed E-state index contributed by atoms with van der Waals surface area (Å²) in [5, 5.41) is 0. The molecule has 0 amide bonds. The van der Waals surface area contributed by atoms with E-state index in [0.717, 1.165) is 25.7 Å². The molecule has 0 unspecified atom stereocenters. The molecule has 4 nitrogen and oxygen atoms in total. The third-order valence-electron chi connectivity index (χ3n) is 11.4. The maximum Gasteiger partial charge on any atom is 0.305 e. The van der Waals surface area contributed by atoms with Crippen molar-refractivity contribution >= 4 is 20.0 Å². The van der Waals surface area contributed by atoms with Crippen molar-refractivity contribution in [2.45, 2.75) is 236 Å². The molecule has 1 rings (SSSR count). The number of hydrogen-bond acceptors (Lipinski definition) is 4. The molecule has 0 spiro atoms. The lowest BCUT2D eigenvalue weighted by molar-refractivity contribution is -0.141. The van der Waals surface area contributed by atoms with Crippen LogP contribution in [0.1, 0.15) is 212 Å². The summed E-state index contributed by atoms with van der Waals surface area (Å²) in [5.74, 6) is -0.144. The average Bonchev–Trinajstić information content (AvgIpc) is 3.11. The Morgan fingerprint density at radius 2 is 0.680 bits per heavy atom. The lowest BCUT2D eigenvalue weighted by Crippen LogP contribution is -2.34. The number of methoxy groups -OCH3 is 2. The van der Waals surface area contributed by atoms with Crippen molar-refractivity contribution in [2.24, 2.45) is 0 Å². The van der Waals surface area contributed by atoms with E-state index < -0.39 is 8.07 Å². The van der Waals surface area contributed by atoms with Gasteiger partial charge in [0.2, 0.25) is 0 Å². The fraction of sp³-hybridized carbons (Fsp3) is 0.867. The number of allylic oxidation sites excluding steroid dienone is 4. The van der Waals surface area contributed by atoms with Crippen LogP contribution in [0.5, 0.6) is 0 Å². The van der Waals surface area contributed by atoms with E-state index in [-0.39, 0.29) is 11.9 Å². The number of unbranched alkanes of at least 4 members (excludes halogenated alkanes) is 22. The summed E-state index contributed by atoms with van der Waals surface area (Å²) in [5.41, 5.74) is 0. The number of carbonyl (C=O) groups excluding carboxylic acids is 2. The highest BCUT2D eigenvalue weighted by Gasteiger charge is 2.31. The smallest absolute Gasteiger partial charge is 0.305 e. The summed E-state index contributed by atoms with van der Waals surface area (Å²) >= 11 is 0. The fourth-order valence-corrected chi connectivity index (χ4v) is 13.5. The lowest BCUT2D eigenvalue weighted by atomic mass is 10.1. The largest absolute Gasteiger partial charge is 0.469 e. The molecule has 0 bridgehead atoms. The third-order valence-corrected chi connectivity index (χ3v) is 17.0. The van der Waals surface area contributed by atoms with Gasteiger partial charge in [-0.15, -0.1) is 0 Å². The molecule has 1 heterocycles. The Hall–Kier alpha value is -1.36. The van der Waals surface area contributed by atoms with Crippen LogP contribution in [0.4, 0.5) is 0 Å². The number of hydrogen-bond donors (Lipinski definition) is 0. The van der Waals surface area contributed by atoms with Crippen molar-refractivity contribution in [1.29, 1.82) is 0 Å². The maximum absolute atomic E-state index is 11.1. The first-order valence-electron chi connectivity index (χ1n) is 22.1. The van der Waals surface area contributed by atoms with E-state index in [9.17, 15) is 9.59 Å². The number of carbonyl (C=O) groups is 2. The summed E-state index contributed by atoms with van der Waals surface area (Å²) in [6.07, 6.45) is 52.5. The Bertz CT molecular complexity index is 756. The topological polar surface area (TPSA) is 52.6 Å². The van der Waals surface area contributed by atoms with Crippen LogP contribution in [0.2, 0.25) is 24.2 Å². The van der Waals surface area contributed by atoms with Gasteiger partial charge in [-0.25, -0.2) is 0 Å². The van der Waals surface area contributed by atoms with Crippen LogP contribution < -0.4 is 0 Å².